The molecule has 3 atom stereocenters. The molecule has 3 heterocycles. The number of hydrogen-bond acceptors (Lipinski definition) is 7. The van der Waals surface area contributed by atoms with Gasteiger partial charge in [0, 0.05) is 11.8 Å². The van der Waals surface area contributed by atoms with Gasteiger partial charge in [-0.15, -0.1) is 0 Å². The van der Waals surface area contributed by atoms with E-state index >= 15 is 0 Å². The van der Waals surface area contributed by atoms with Crippen LogP contribution < -0.4 is 4.90 Å². The molecule has 0 radical (unpaired) electrons. The van der Waals surface area contributed by atoms with E-state index in [0.717, 1.165) is 27.6 Å². The number of carbonyl (C=O) groups is 3. The Morgan fingerprint density at radius 1 is 0.800 bits per heavy atom. The van der Waals surface area contributed by atoms with Crippen molar-refractivity contribution in [3.05, 3.63) is 114 Å². The van der Waals surface area contributed by atoms with Crippen molar-refractivity contribution in [1.29, 1.82) is 0 Å². The van der Waals surface area contributed by atoms with Gasteiger partial charge in [0.1, 0.15) is 6.54 Å². The molecule has 4 aromatic carbocycles. The fourth-order valence-corrected chi connectivity index (χ4v) is 5.69. The van der Waals surface area contributed by atoms with Crippen molar-refractivity contribution < 1.29 is 14.4 Å². The molecular weight excluding hydrogens is 504 g/mol. The Kier molecular flexibility index (Phi) is 5.70. The van der Waals surface area contributed by atoms with Crippen LogP contribution in [0.3, 0.4) is 0 Å². The lowest BCUT2D eigenvalue weighted by atomic mass is 9.98. The molecule has 1 saturated heterocycles. The molecule has 3 amide bonds. The number of imide groups is 1. The number of hydrazone groups is 1. The summed E-state index contributed by atoms with van der Waals surface area (Å²) >= 11 is 0. The van der Waals surface area contributed by atoms with E-state index in [1.54, 1.807) is 6.07 Å². The van der Waals surface area contributed by atoms with Crippen LogP contribution in [-0.2, 0) is 14.4 Å². The predicted octanol–water partition coefficient (Wildman–Crippen LogP) is 4.51. The van der Waals surface area contributed by atoms with Crippen LogP contribution in [0, 0.1) is 0 Å². The van der Waals surface area contributed by atoms with Crippen LogP contribution in [0.1, 0.15) is 23.6 Å². The standard InChI is InChI=1S/C31H24N6O3/c38-27(37-26(22-13-5-2-6-14-22)18-24(33-37)21-11-3-1-4-12-21)19-35-29-28(32-34-35)30(39)36(31(29)40)25-17-9-15-20-10-7-8-16-23(20)25/h1-17,26,28-29H,18-19H2/t26-,28-,29+/m0/s1. The fraction of sp³-hybridized carbons (Fsp3) is 0.161. The van der Waals surface area contributed by atoms with Crippen LogP contribution in [0.4, 0.5) is 5.69 Å². The summed E-state index contributed by atoms with van der Waals surface area (Å²) in [6.07, 6.45) is 0.555. The molecule has 0 unspecified atom stereocenters. The van der Waals surface area contributed by atoms with Crippen LogP contribution >= 0.6 is 0 Å². The van der Waals surface area contributed by atoms with E-state index in [0.29, 0.717) is 12.1 Å². The van der Waals surface area contributed by atoms with Crippen LogP contribution in [0.5, 0.6) is 0 Å². The van der Waals surface area contributed by atoms with E-state index in [-0.39, 0.29) is 18.5 Å². The van der Waals surface area contributed by atoms with Gasteiger partial charge in [-0.3, -0.25) is 19.4 Å². The average Bonchev–Trinajstić information content (AvgIpc) is 3.69. The van der Waals surface area contributed by atoms with Gasteiger partial charge in [0.05, 0.1) is 17.4 Å². The van der Waals surface area contributed by atoms with Gasteiger partial charge < -0.3 is 0 Å². The minimum atomic E-state index is -0.994. The monoisotopic (exact) mass is 528 g/mol. The predicted molar refractivity (Wildman–Crippen MR) is 149 cm³/mol. The summed E-state index contributed by atoms with van der Waals surface area (Å²) in [4.78, 5) is 42.0. The van der Waals surface area contributed by atoms with E-state index in [1.165, 1.54) is 14.9 Å². The summed E-state index contributed by atoms with van der Waals surface area (Å²) in [5.41, 5.74) is 3.21. The highest BCUT2D eigenvalue weighted by molar-refractivity contribution is 6.27. The summed E-state index contributed by atoms with van der Waals surface area (Å²) in [5, 5.41) is 17.4. The Labute approximate surface area is 230 Å². The zero-order valence-corrected chi connectivity index (χ0v) is 21.4. The number of nitrogens with zero attached hydrogens (tertiary/aromatic N) is 6. The van der Waals surface area contributed by atoms with Crippen molar-refractivity contribution in [3.8, 4) is 0 Å². The van der Waals surface area contributed by atoms with Crippen molar-refractivity contribution in [3.63, 3.8) is 0 Å². The minimum Gasteiger partial charge on any atom is -0.271 e. The fourth-order valence-electron chi connectivity index (χ4n) is 5.69. The number of fused-ring (bicyclic) bond motifs is 2. The first-order chi connectivity index (χ1) is 19.6. The molecule has 0 bridgehead atoms. The lowest BCUT2D eigenvalue weighted by Gasteiger charge is -2.25. The number of amides is 3. The summed E-state index contributed by atoms with van der Waals surface area (Å²) in [6.45, 7) is -0.234. The maximum absolute atomic E-state index is 13.7. The first-order valence-corrected chi connectivity index (χ1v) is 13.1. The largest absolute Gasteiger partial charge is 0.271 e. The first kappa shape index (κ1) is 23.9. The van der Waals surface area contributed by atoms with E-state index in [2.05, 4.69) is 10.3 Å². The Balaban J connectivity index is 1.17. The van der Waals surface area contributed by atoms with Gasteiger partial charge in [-0.25, -0.2) is 9.91 Å². The highest BCUT2D eigenvalue weighted by Crippen LogP contribution is 2.37. The zero-order chi connectivity index (χ0) is 27.2. The molecule has 0 spiro atoms. The van der Waals surface area contributed by atoms with Gasteiger partial charge in [0.2, 0.25) is 0 Å². The Morgan fingerprint density at radius 2 is 1.50 bits per heavy atom. The number of benzene rings is 4. The zero-order valence-electron chi connectivity index (χ0n) is 21.4. The number of anilines is 1. The van der Waals surface area contributed by atoms with Crippen molar-refractivity contribution in [2.75, 3.05) is 11.4 Å². The van der Waals surface area contributed by atoms with Gasteiger partial charge in [0.25, 0.3) is 17.7 Å². The lowest BCUT2D eigenvalue weighted by Crippen LogP contribution is -2.44. The second-order valence-corrected chi connectivity index (χ2v) is 9.98. The second-order valence-electron chi connectivity index (χ2n) is 9.98. The topological polar surface area (TPSA) is 98.0 Å². The normalized spacial score (nSPS) is 21.9. The van der Waals surface area contributed by atoms with Crippen molar-refractivity contribution in [2.45, 2.75) is 24.5 Å². The van der Waals surface area contributed by atoms with E-state index in [9.17, 15) is 14.4 Å². The van der Waals surface area contributed by atoms with E-state index in [4.69, 9.17) is 5.10 Å². The smallest absolute Gasteiger partial charge is 0.264 e. The van der Waals surface area contributed by atoms with Gasteiger partial charge in [-0.05, 0) is 22.6 Å². The molecular formula is C31H24N6O3. The molecule has 4 aromatic rings. The summed E-state index contributed by atoms with van der Waals surface area (Å²) in [6, 6.07) is 30.3. The summed E-state index contributed by atoms with van der Waals surface area (Å²) in [7, 11) is 0. The second kappa shape index (κ2) is 9.53. The maximum atomic E-state index is 13.7. The molecule has 0 N–H and O–H groups in total. The van der Waals surface area contributed by atoms with Gasteiger partial charge in [-0.2, -0.15) is 10.2 Å². The third-order valence-electron chi connectivity index (χ3n) is 7.62. The van der Waals surface area contributed by atoms with Crippen LogP contribution in [0.2, 0.25) is 0 Å². The first-order valence-electron chi connectivity index (χ1n) is 13.1. The Morgan fingerprint density at radius 3 is 2.30 bits per heavy atom. The van der Waals surface area contributed by atoms with Gasteiger partial charge in [-0.1, -0.05) is 102 Å². The number of carbonyl (C=O) groups excluding carboxylic acids is 3. The van der Waals surface area contributed by atoms with Crippen LogP contribution in [-0.4, -0.2) is 52.1 Å². The molecule has 7 rings (SSSR count). The molecule has 0 aliphatic carbocycles. The number of hydrogen-bond donors (Lipinski definition) is 0. The van der Waals surface area contributed by atoms with Gasteiger partial charge >= 0.3 is 0 Å². The quantitative estimate of drug-likeness (QED) is 0.356. The van der Waals surface area contributed by atoms with E-state index < -0.39 is 23.9 Å². The Hall–Kier alpha value is -5.18. The summed E-state index contributed by atoms with van der Waals surface area (Å²) < 4.78 is 0. The molecule has 0 aromatic heterocycles. The molecule has 40 heavy (non-hydrogen) atoms. The van der Waals surface area contributed by atoms with Crippen LogP contribution in [0.25, 0.3) is 10.8 Å². The molecule has 3 aliphatic rings. The van der Waals surface area contributed by atoms with Crippen molar-refractivity contribution in [1.82, 2.24) is 10.0 Å². The van der Waals surface area contributed by atoms with Crippen molar-refractivity contribution >= 4 is 39.9 Å². The molecule has 196 valence electrons. The highest BCUT2D eigenvalue weighted by Gasteiger charge is 2.55. The third kappa shape index (κ3) is 3.86. The molecule has 0 saturated carbocycles. The van der Waals surface area contributed by atoms with Crippen molar-refractivity contribution in [2.24, 2.45) is 15.4 Å². The average molecular weight is 529 g/mol. The highest BCUT2D eigenvalue weighted by atomic mass is 16.2. The minimum absolute atomic E-state index is 0.234. The van der Waals surface area contributed by atoms with Crippen LogP contribution in [0.15, 0.2) is 119 Å². The third-order valence-corrected chi connectivity index (χ3v) is 7.62. The maximum Gasteiger partial charge on any atom is 0.264 e. The molecule has 1 fully saturated rings. The SMILES string of the molecule is O=C1[C@H]2N=NN(CC(=O)N3N=C(c4ccccc4)C[C@H]3c3ccccc3)[C@H]2C(=O)N1c1cccc2ccccc12. The molecule has 9 heteroatoms. The van der Waals surface area contributed by atoms with Gasteiger partial charge in [0.15, 0.2) is 12.1 Å². The molecule has 3 aliphatic heterocycles. The summed E-state index contributed by atoms with van der Waals surface area (Å²) in [5.74, 6) is -1.22. The lowest BCUT2D eigenvalue weighted by molar-refractivity contribution is -0.135. The molecule has 9 nitrogen and oxygen atoms in total. The Bertz CT molecular complexity index is 1700. The van der Waals surface area contributed by atoms with E-state index in [1.807, 2.05) is 97.1 Å². The number of rotatable bonds is 5.